The smallest absolute Gasteiger partial charge is 0.231 e. The summed E-state index contributed by atoms with van der Waals surface area (Å²) in [4.78, 5) is 16.5. The molecule has 2 aliphatic carbocycles. The maximum atomic E-state index is 13.0. The van der Waals surface area contributed by atoms with E-state index in [0.717, 1.165) is 25.8 Å². The third-order valence-electron chi connectivity index (χ3n) is 4.72. The van der Waals surface area contributed by atoms with Crippen molar-refractivity contribution in [3.05, 3.63) is 21.9 Å². The maximum absolute atomic E-state index is 13.0. The summed E-state index contributed by atoms with van der Waals surface area (Å²) in [6, 6.07) is 2.61. The molecule has 1 aromatic rings. The van der Waals surface area contributed by atoms with Crippen LogP contribution < -0.4 is 0 Å². The van der Waals surface area contributed by atoms with Crippen molar-refractivity contribution in [2.45, 2.75) is 51.6 Å². The van der Waals surface area contributed by atoms with Crippen LogP contribution in [0.5, 0.6) is 0 Å². The summed E-state index contributed by atoms with van der Waals surface area (Å²) in [5.41, 5.74) is 1.09. The number of hydrogen-bond acceptors (Lipinski definition) is 3. The minimum atomic E-state index is -0.220. The van der Waals surface area contributed by atoms with Crippen molar-refractivity contribution in [3.63, 3.8) is 0 Å². The molecule has 3 rings (SSSR count). The number of amides is 1. The molecule has 0 N–H and O–H groups in total. The molecule has 1 amide bonds. The number of carbonyl (C=O) groups excluding carboxylic acids is 1. The van der Waals surface area contributed by atoms with Crippen molar-refractivity contribution in [2.75, 3.05) is 13.7 Å². The van der Waals surface area contributed by atoms with Gasteiger partial charge < -0.3 is 9.64 Å². The summed E-state index contributed by atoms with van der Waals surface area (Å²) in [5, 5.41) is 2.12. The lowest BCUT2D eigenvalue weighted by Gasteiger charge is -2.43. The second-order valence-corrected chi connectivity index (χ2v) is 7.26. The van der Waals surface area contributed by atoms with Gasteiger partial charge in [0.2, 0.25) is 5.91 Å². The summed E-state index contributed by atoms with van der Waals surface area (Å²) in [6.45, 7) is 3.51. The number of aryl methyl sites for hydroxylation is 1. The molecule has 110 valence electrons. The quantitative estimate of drug-likeness (QED) is 0.805. The van der Waals surface area contributed by atoms with Gasteiger partial charge in [-0.2, -0.15) is 0 Å². The van der Waals surface area contributed by atoms with E-state index in [1.807, 2.05) is 0 Å². The molecule has 0 aliphatic heterocycles. The average molecular weight is 293 g/mol. The summed E-state index contributed by atoms with van der Waals surface area (Å²) >= 11 is 1.76. The Morgan fingerprint density at radius 2 is 2.25 bits per heavy atom. The number of hydrogen-bond donors (Lipinski definition) is 0. The number of carbonyl (C=O) groups is 1. The molecule has 20 heavy (non-hydrogen) atoms. The zero-order valence-corrected chi connectivity index (χ0v) is 13.2. The molecule has 0 saturated heterocycles. The maximum Gasteiger partial charge on any atom is 0.231 e. The van der Waals surface area contributed by atoms with E-state index in [-0.39, 0.29) is 5.41 Å². The third kappa shape index (κ3) is 2.51. The van der Waals surface area contributed by atoms with E-state index in [1.54, 1.807) is 18.4 Å². The highest BCUT2D eigenvalue weighted by atomic mass is 32.1. The van der Waals surface area contributed by atoms with Crippen LogP contribution in [0.15, 0.2) is 11.4 Å². The molecule has 0 aromatic carbocycles. The van der Waals surface area contributed by atoms with E-state index in [1.165, 1.54) is 23.3 Å². The number of ether oxygens (including phenoxy) is 1. The Morgan fingerprint density at radius 1 is 1.50 bits per heavy atom. The van der Waals surface area contributed by atoms with Gasteiger partial charge in [-0.15, -0.1) is 11.3 Å². The van der Waals surface area contributed by atoms with Crippen molar-refractivity contribution in [1.29, 1.82) is 0 Å². The molecule has 3 nitrogen and oxygen atoms in total. The van der Waals surface area contributed by atoms with E-state index in [4.69, 9.17) is 4.74 Å². The highest BCUT2D eigenvalue weighted by molar-refractivity contribution is 7.10. The predicted molar refractivity (Wildman–Crippen MR) is 80.8 cm³/mol. The summed E-state index contributed by atoms with van der Waals surface area (Å²) < 4.78 is 5.33. The topological polar surface area (TPSA) is 29.5 Å². The van der Waals surface area contributed by atoms with E-state index >= 15 is 0 Å². The second-order valence-electron chi connectivity index (χ2n) is 6.26. The van der Waals surface area contributed by atoms with Crippen LogP contribution in [0, 0.1) is 12.3 Å². The summed E-state index contributed by atoms with van der Waals surface area (Å²) in [5.74, 6) is 0.334. The summed E-state index contributed by atoms with van der Waals surface area (Å²) in [6.07, 6.45) is 5.47. The monoisotopic (exact) mass is 293 g/mol. The molecule has 2 fully saturated rings. The molecule has 0 radical (unpaired) electrons. The van der Waals surface area contributed by atoms with Gasteiger partial charge in [-0.3, -0.25) is 4.79 Å². The van der Waals surface area contributed by atoms with Gasteiger partial charge in [0.05, 0.1) is 18.6 Å². The molecule has 1 aromatic heterocycles. The number of nitrogens with zero attached hydrogens (tertiary/aromatic N) is 1. The Hall–Kier alpha value is -0.870. The SMILES string of the molecule is COCC1(C(=O)N(Cc2sccc2C)C2CC2)CCC1. The first kappa shape index (κ1) is 14.1. The van der Waals surface area contributed by atoms with Crippen LogP contribution in [0.4, 0.5) is 0 Å². The largest absolute Gasteiger partial charge is 0.384 e. The zero-order valence-electron chi connectivity index (χ0n) is 12.4. The minimum Gasteiger partial charge on any atom is -0.384 e. The van der Waals surface area contributed by atoms with Gasteiger partial charge >= 0.3 is 0 Å². The Labute approximate surface area is 124 Å². The van der Waals surface area contributed by atoms with Crippen molar-refractivity contribution in [2.24, 2.45) is 5.41 Å². The molecule has 2 aliphatic rings. The van der Waals surface area contributed by atoms with Gasteiger partial charge in [0, 0.05) is 18.0 Å². The average Bonchev–Trinajstić information content (AvgIpc) is 3.14. The number of thiophene rings is 1. The first-order valence-electron chi connectivity index (χ1n) is 7.49. The van der Waals surface area contributed by atoms with E-state index in [9.17, 15) is 4.79 Å². The second kappa shape index (κ2) is 5.49. The minimum absolute atomic E-state index is 0.220. The van der Waals surface area contributed by atoms with Gasteiger partial charge in [0.25, 0.3) is 0 Å². The fourth-order valence-corrected chi connectivity index (χ4v) is 3.98. The Bertz CT molecular complexity index is 488. The Kier molecular flexibility index (Phi) is 3.87. The molecular weight excluding hydrogens is 270 g/mol. The molecule has 0 bridgehead atoms. The lowest BCUT2D eigenvalue weighted by Crippen LogP contribution is -2.50. The van der Waals surface area contributed by atoms with Crippen LogP contribution >= 0.6 is 11.3 Å². The molecule has 4 heteroatoms. The third-order valence-corrected chi connectivity index (χ3v) is 5.72. The molecular formula is C16H23NO2S. The lowest BCUT2D eigenvalue weighted by molar-refractivity contribution is -0.153. The lowest BCUT2D eigenvalue weighted by atomic mass is 9.68. The normalized spacial score (nSPS) is 20.5. The van der Waals surface area contributed by atoms with Crippen LogP contribution in [0.3, 0.4) is 0 Å². The van der Waals surface area contributed by atoms with Crippen LogP contribution in [0.1, 0.15) is 42.5 Å². The van der Waals surface area contributed by atoms with Crippen LogP contribution in [0.25, 0.3) is 0 Å². The molecule has 0 unspecified atom stereocenters. The van der Waals surface area contributed by atoms with Gasteiger partial charge in [-0.1, -0.05) is 6.42 Å². The first-order valence-corrected chi connectivity index (χ1v) is 8.37. The fraction of sp³-hybridized carbons (Fsp3) is 0.688. The fourth-order valence-electron chi connectivity index (χ4n) is 3.08. The predicted octanol–water partition coefficient (Wildman–Crippen LogP) is 3.36. The van der Waals surface area contributed by atoms with Crippen LogP contribution in [-0.4, -0.2) is 30.6 Å². The van der Waals surface area contributed by atoms with Gasteiger partial charge in [0.1, 0.15) is 0 Å². The van der Waals surface area contributed by atoms with E-state index in [0.29, 0.717) is 18.6 Å². The first-order chi connectivity index (χ1) is 9.66. The van der Waals surface area contributed by atoms with Gasteiger partial charge in [-0.25, -0.2) is 0 Å². The van der Waals surface area contributed by atoms with Gasteiger partial charge in [0.15, 0.2) is 0 Å². The zero-order chi connectivity index (χ0) is 14.2. The van der Waals surface area contributed by atoms with E-state index in [2.05, 4.69) is 23.3 Å². The van der Waals surface area contributed by atoms with Crippen molar-refractivity contribution in [1.82, 2.24) is 4.90 Å². The van der Waals surface area contributed by atoms with Crippen LogP contribution in [-0.2, 0) is 16.1 Å². The number of rotatable bonds is 6. The molecule has 2 saturated carbocycles. The standard InChI is InChI=1S/C16H23NO2S/c1-12-6-9-20-14(12)10-17(13-4-5-13)15(18)16(11-19-2)7-3-8-16/h6,9,13H,3-5,7-8,10-11H2,1-2H3. The summed E-state index contributed by atoms with van der Waals surface area (Å²) in [7, 11) is 1.71. The molecule has 1 heterocycles. The van der Waals surface area contributed by atoms with Gasteiger partial charge in [-0.05, 0) is 49.6 Å². The van der Waals surface area contributed by atoms with Crippen LogP contribution in [0.2, 0.25) is 0 Å². The Morgan fingerprint density at radius 3 is 2.70 bits per heavy atom. The highest BCUT2D eigenvalue weighted by Gasteiger charge is 2.49. The number of methoxy groups -OCH3 is 1. The van der Waals surface area contributed by atoms with Crippen molar-refractivity contribution in [3.8, 4) is 0 Å². The van der Waals surface area contributed by atoms with E-state index < -0.39 is 0 Å². The van der Waals surface area contributed by atoms with Crippen molar-refractivity contribution >= 4 is 17.2 Å². The van der Waals surface area contributed by atoms with Crippen molar-refractivity contribution < 1.29 is 9.53 Å². The highest BCUT2D eigenvalue weighted by Crippen LogP contribution is 2.45. The molecule has 0 spiro atoms. The molecule has 0 atom stereocenters. The Balaban J connectivity index is 1.76.